The summed E-state index contributed by atoms with van der Waals surface area (Å²) in [7, 11) is 0. The van der Waals surface area contributed by atoms with Crippen LogP contribution < -0.4 is 5.32 Å². The Labute approximate surface area is 204 Å². The molecule has 0 heterocycles. The number of aliphatic hydroxyl groups is 1. The molecule has 1 saturated carbocycles. The highest BCUT2D eigenvalue weighted by Gasteiger charge is 2.25. The van der Waals surface area contributed by atoms with Gasteiger partial charge in [-0.3, -0.25) is 19.9 Å². The van der Waals surface area contributed by atoms with E-state index >= 15 is 0 Å². The van der Waals surface area contributed by atoms with Gasteiger partial charge in [0.1, 0.15) is 12.1 Å². The molecular weight excluding hydrogens is 428 g/mol. The number of rotatable bonds is 11. The lowest BCUT2D eigenvalue weighted by atomic mass is 9.96. The first-order valence-electron chi connectivity index (χ1n) is 12.2. The number of Topliss-reactive ketones (excluding diaryl/α,β-unsaturated/α-hetero) is 1. The summed E-state index contributed by atoms with van der Waals surface area (Å²) < 4.78 is 5.54. The minimum Gasteiger partial charge on any atom is -0.461 e. The quantitative estimate of drug-likeness (QED) is 0.203. The molecule has 1 atom stereocenters. The van der Waals surface area contributed by atoms with Gasteiger partial charge in [-0.05, 0) is 93.7 Å². The van der Waals surface area contributed by atoms with Gasteiger partial charge in [-0.2, -0.15) is 0 Å². The highest BCUT2D eigenvalue weighted by molar-refractivity contribution is 6.07. The molecule has 1 fully saturated rings. The number of carbonyl (C=O) groups is 2. The van der Waals surface area contributed by atoms with Gasteiger partial charge >= 0.3 is 5.97 Å². The minimum absolute atomic E-state index is 0.0281. The summed E-state index contributed by atoms with van der Waals surface area (Å²) in [6.45, 7) is 11.6. The highest BCUT2D eigenvalue weighted by atomic mass is 16.5. The molecular formula is C28H40N2O4. The molecule has 0 aliphatic heterocycles. The molecule has 34 heavy (non-hydrogen) atoms. The number of aliphatic imine (C=N–C) groups is 1. The number of ketones is 1. The van der Waals surface area contributed by atoms with Crippen LogP contribution in [0, 0.1) is 12.8 Å². The van der Waals surface area contributed by atoms with E-state index in [1.807, 2.05) is 51.1 Å². The third kappa shape index (κ3) is 8.03. The van der Waals surface area contributed by atoms with Crippen molar-refractivity contribution in [2.24, 2.45) is 10.9 Å². The Bertz CT molecular complexity index is 953. The predicted molar refractivity (Wildman–Crippen MR) is 137 cm³/mol. The van der Waals surface area contributed by atoms with Gasteiger partial charge in [-0.25, -0.2) is 0 Å². The van der Waals surface area contributed by atoms with E-state index in [0.717, 1.165) is 53.8 Å². The van der Waals surface area contributed by atoms with Crippen molar-refractivity contribution in [3.8, 4) is 0 Å². The molecule has 0 saturated heterocycles. The second-order valence-corrected chi connectivity index (χ2v) is 9.36. The topological polar surface area (TPSA) is 88.0 Å². The molecule has 0 spiro atoms. The molecule has 0 aromatic heterocycles. The van der Waals surface area contributed by atoms with Gasteiger partial charge in [0, 0.05) is 6.54 Å². The van der Waals surface area contributed by atoms with Gasteiger partial charge < -0.3 is 9.84 Å². The van der Waals surface area contributed by atoms with E-state index in [9.17, 15) is 14.7 Å². The van der Waals surface area contributed by atoms with Gasteiger partial charge in [0.25, 0.3) is 0 Å². The fourth-order valence-electron chi connectivity index (χ4n) is 3.90. The summed E-state index contributed by atoms with van der Waals surface area (Å²) in [6.07, 6.45) is 7.81. The Morgan fingerprint density at radius 1 is 1.24 bits per heavy atom. The molecule has 1 unspecified atom stereocenters. The van der Waals surface area contributed by atoms with E-state index in [4.69, 9.17) is 9.73 Å². The second-order valence-electron chi connectivity index (χ2n) is 9.36. The summed E-state index contributed by atoms with van der Waals surface area (Å²) in [6, 6.07) is 5.24. The first kappa shape index (κ1) is 27.7. The summed E-state index contributed by atoms with van der Waals surface area (Å²) in [5.41, 5.74) is 5.35. The number of nitrogens with one attached hydrogen (secondary N) is 1. The molecule has 0 amide bonds. The molecule has 2 rings (SSSR count). The standard InChI is InChI=1S/C28H40N2O4/c1-7-23(14-20(5)21(6)32)27(18(2)3)30-25-15-22(13-12-19(25)4)16-29-26(17-31)28(33)34-24-10-8-9-11-24/h7,12-15,18,24,26,29,31H,8-11,16-17H2,1-6H3/b20-14-,23-7+,30-27+. The molecule has 6 heteroatoms. The summed E-state index contributed by atoms with van der Waals surface area (Å²) in [5.74, 6) is -0.198. The Hall–Kier alpha value is -2.57. The summed E-state index contributed by atoms with van der Waals surface area (Å²) in [5, 5.41) is 12.8. The Morgan fingerprint density at radius 3 is 2.47 bits per heavy atom. The maximum atomic E-state index is 12.4. The molecule has 186 valence electrons. The van der Waals surface area contributed by atoms with Gasteiger partial charge in [-0.15, -0.1) is 0 Å². The minimum atomic E-state index is -0.755. The van der Waals surface area contributed by atoms with E-state index in [1.54, 1.807) is 6.92 Å². The summed E-state index contributed by atoms with van der Waals surface area (Å²) in [4.78, 5) is 29.2. The van der Waals surface area contributed by atoms with Crippen LogP contribution in [0.1, 0.15) is 71.4 Å². The molecule has 1 aromatic rings. The number of hydrogen-bond acceptors (Lipinski definition) is 6. The fourth-order valence-corrected chi connectivity index (χ4v) is 3.90. The third-order valence-electron chi connectivity index (χ3n) is 6.20. The van der Waals surface area contributed by atoms with E-state index in [1.165, 1.54) is 0 Å². The van der Waals surface area contributed by atoms with Crippen LogP contribution in [-0.4, -0.2) is 41.3 Å². The number of allylic oxidation sites excluding steroid dienone is 4. The maximum Gasteiger partial charge on any atom is 0.325 e. The third-order valence-corrected chi connectivity index (χ3v) is 6.20. The molecule has 0 bridgehead atoms. The first-order chi connectivity index (χ1) is 16.2. The van der Waals surface area contributed by atoms with Gasteiger partial charge in [0.15, 0.2) is 5.78 Å². The predicted octanol–water partition coefficient (Wildman–Crippen LogP) is 5.14. The van der Waals surface area contributed by atoms with E-state index in [2.05, 4.69) is 19.2 Å². The van der Waals surface area contributed by atoms with Crippen molar-refractivity contribution in [3.63, 3.8) is 0 Å². The van der Waals surface area contributed by atoms with Crippen LogP contribution in [0.5, 0.6) is 0 Å². The second kappa shape index (κ2) is 13.4. The number of nitrogens with zero attached hydrogens (tertiary/aromatic N) is 1. The van der Waals surface area contributed by atoms with Crippen LogP contribution >= 0.6 is 0 Å². The van der Waals surface area contributed by atoms with Crippen LogP contribution in [0.15, 0.2) is 46.5 Å². The van der Waals surface area contributed by atoms with Crippen molar-refractivity contribution < 1.29 is 19.4 Å². The molecule has 2 N–H and O–H groups in total. The Kier molecular flexibility index (Phi) is 10.9. The van der Waals surface area contributed by atoms with Crippen molar-refractivity contribution in [2.75, 3.05) is 6.61 Å². The number of aliphatic hydroxyl groups excluding tert-OH is 1. The van der Waals surface area contributed by atoms with Gasteiger partial charge in [0.05, 0.1) is 18.0 Å². The average Bonchev–Trinajstić information content (AvgIpc) is 3.30. The maximum absolute atomic E-state index is 12.4. The van der Waals surface area contributed by atoms with E-state index in [-0.39, 0.29) is 24.4 Å². The number of aryl methyl sites for hydroxylation is 1. The lowest BCUT2D eigenvalue weighted by molar-refractivity contribution is -0.152. The monoisotopic (exact) mass is 468 g/mol. The molecule has 1 aliphatic carbocycles. The zero-order valence-electron chi connectivity index (χ0n) is 21.5. The van der Waals surface area contributed by atoms with Crippen LogP contribution in [0.25, 0.3) is 0 Å². The SMILES string of the molecule is C/C=C(\C=C(\C)C(C)=O)C(=N/c1cc(CNC(CO)C(=O)OC2CCCC2)ccc1C)/C(C)C. The van der Waals surface area contributed by atoms with Crippen molar-refractivity contribution in [2.45, 2.75) is 85.9 Å². The Balaban J connectivity index is 2.21. The smallest absolute Gasteiger partial charge is 0.325 e. The number of hydrogen-bond donors (Lipinski definition) is 2. The Morgan fingerprint density at radius 2 is 1.91 bits per heavy atom. The van der Waals surface area contributed by atoms with Crippen LogP contribution in [0.3, 0.4) is 0 Å². The van der Waals surface area contributed by atoms with E-state index in [0.29, 0.717) is 12.1 Å². The van der Waals surface area contributed by atoms with Gasteiger partial charge in [-0.1, -0.05) is 32.1 Å². The number of ether oxygens (including phenoxy) is 1. The molecule has 1 aliphatic rings. The normalized spacial score (nSPS) is 16.8. The van der Waals surface area contributed by atoms with Crippen molar-refractivity contribution in [3.05, 3.63) is 52.6 Å². The number of benzene rings is 1. The first-order valence-corrected chi connectivity index (χ1v) is 12.2. The van der Waals surface area contributed by atoms with Crippen molar-refractivity contribution >= 4 is 23.2 Å². The largest absolute Gasteiger partial charge is 0.461 e. The van der Waals surface area contributed by atoms with Crippen molar-refractivity contribution in [1.82, 2.24) is 5.32 Å². The lowest BCUT2D eigenvalue weighted by Crippen LogP contribution is -2.41. The van der Waals surface area contributed by atoms with Crippen LogP contribution in [-0.2, 0) is 20.9 Å². The van der Waals surface area contributed by atoms with E-state index < -0.39 is 12.0 Å². The highest BCUT2D eigenvalue weighted by Crippen LogP contribution is 2.25. The van der Waals surface area contributed by atoms with Crippen LogP contribution in [0.2, 0.25) is 0 Å². The number of carbonyl (C=O) groups excluding carboxylic acids is 2. The van der Waals surface area contributed by atoms with Gasteiger partial charge in [0.2, 0.25) is 0 Å². The summed E-state index contributed by atoms with van der Waals surface area (Å²) >= 11 is 0. The fraction of sp³-hybridized carbons (Fsp3) is 0.536. The van der Waals surface area contributed by atoms with Crippen LogP contribution in [0.4, 0.5) is 5.69 Å². The molecule has 6 nitrogen and oxygen atoms in total. The zero-order valence-corrected chi connectivity index (χ0v) is 21.5. The number of esters is 1. The lowest BCUT2D eigenvalue weighted by Gasteiger charge is -2.19. The van der Waals surface area contributed by atoms with Crippen molar-refractivity contribution in [1.29, 1.82) is 0 Å². The average molecular weight is 469 g/mol. The molecule has 1 aromatic carbocycles. The zero-order chi connectivity index (χ0) is 25.3. The molecule has 0 radical (unpaired) electrons.